The van der Waals surface area contributed by atoms with Crippen LogP contribution in [0.5, 0.6) is 0 Å². The van der Waals surface area contributed by atoms with Crippen LogP contribution in [0.4, 0.5) is 0 Å². The Labute approximate surface area is 91.5 Å². The first-order valence-electron chi connectivity index (χ1n) is 6.12. The fourth-order valence-electron chi connectivity index (χ4n) is 3.20. The molecular weight excluding hydrogens is 190 g/mol. The second-order valence-electron chi connectivity index (χ2n) is 5.23. The van der Waals surface area contributed by atoms with Gasteiger partial charge in [0.25, 0.3) is 0 Å². The van der Waals surface area contributed by atoms with Crippen LogP contribution in [-0.4, -0.2) is 35.1 Å². The number of likely N-dealkylation sites (tertiary alicyclic amines) is 1. The molecule has 1 heterocycles. The Balaban J connectivity index is 2.14. The number of rotatable bonds is 2. The molecule has 1 N–H and O–H groups in total. The Morgan fingerprint density at radius 3 is 2.53 bits per heavy atom. The second-order valence-corrected chi connectivity index (χ2v) is 5.23. The third-order valence-corrected chi connectivity index (χ3v) is 4.23. The molecule has 15 heavy (non-hydrogen) atoms. The first-order chi connectivity index (χ1) is 7.14. The summed E-state index contributed by atoms with van der Waals surface area (Å²) in [6, 6.07) is 0.284. The molecule has 0 aromatic rings. The van der Waals surface area contributed by atoms with Crippen LogP contribution in [0.2, 0.25) is 0 Å². The van der Waals surface area contributed by atoms with Crippen molar-refractivity contribution in [2.24, 2.45) is 5.41 Å². The molecule has 0 bridgehead atoms. The molecule has 2 unspecified atom stereocenters. The molecule has 2 fully saturated rings. The zero-order chi connectivity index (χ0) is 10.9. The first-order valence-corrected chi connectivity index (χ1v) is 6.12. The van der Waals surface area contributed by atoms with Crippen molar-refractivity contribution in [1.29, 1.82) is 0 Å². The molecule has 1 saturated heterocycles. The van der Waals surface area contributed by atoms with Crippen molar-refractivity contribution in [3.63, 3.8) is 0 Å². The van der Waals surface area contributed by atoms with Crippen molar-refractivity contribution in [1.82, 2.24) is 4.90 Å². The molecule has 1 aliphatic heterocycles. The summed E-state index contributed by atoms with van der Waals surface area (Å²) in [5.74, 6) is -0.598. The predicted octanol–water partition coefficient (Wildman–Crippen LogP) is 2.12. The van der Waals surface area contributed by atoms with Crippen LogP contribution in [0.1, 0.15) is 45.4 Å². The van der Waals surface area contributed by atoms with Crippen molar-refractivity contribution >= 4 is 5.97 Å². The van der Waals surface area contributed by atoms with E-state index >= 15 is 0 Å². The van der Waals surface area contributed by atoms with Gasteiger partial charge in [-0.25, -0.2) is 0 Å². The number of carboxylic acids is 1. The monoisotopic (exact) mass is 211 g/mol. The largest absolute Gasteiger partial charge is 0.481 e. The maximum Gasteiger partial charge on any atom is 0.310 e. The minimum absolute atomic E-state index is 0.284. The van der Waals surface area contributed by atoms with Crippen molar-refractivity contribution in [3.8, 4) is 0 Å². The van der Waals surface area contributed by atoms with Gasteiger partial charge in [-0.15, -0.1) is 0 Å². The highest BCUT2D eigenvalue weighted by Gasteiger charge is 2.46. The lowest BCUT2D eigenvalue weighted by molar-refractivity contribution is -0.154. The molecule has 0 aromatic heterocycles. The Kier molecular flexibility index (Phi) is 3.01. The van der Waals surface area contributed by atoms with Crippen LogP contribution in [0.3, 0.4) is 0 Å². The maximum absolute atomic E-state index is 11.4. The van der Waals surface area contributed by atoms with Crippen molar-refractivity contribution in [2.75, 3.05) is 13.1 Å². The lowest BCUT2D eigenvalue weighted by atomic mass is 9.71. The van der Waals surface area contributed by atoms with Crippen molar-refractivity contribution in [3.05, 3.63) is 0 Å². The summed E-state index contributed by atoms with van der Waals surface area (Å²) in [5.41, 5.74) is -0.497. The van der Waals surface area contributed by atoms with Gasteiger partial charge in [-0.1, -0.05) is 12.8 Å². The molecule has 2 aliphatic rings. The number of hydrogen-bond donors (Lipinski definition) is 1. The molecule has 86 valence electrons. The van der Waals surface area contributed by atoms with E-state index in [1.54, 1.807) is 0 Å². The van der Waals surface area contributed by atoms with Crippen LogP contribution in [0.15, 0.2) is 0 Å². The Bertz CT molecular complexity index is 248. The van der Waals surface area contributed by atoms with E-state index in [4.69, 9.17) is 0 Å². The second kappa shape index (κ2) is 4.12. The van der Waals surface area contributed by atoms with E-state index in [9.17, 15) is 9.90 Å². The summed E-state index contributed by atoms with van der Waals surface area (Å²) in [7, 11) is 0. The Morgan fingerprint density at radius 1 is 1.27 bits per heavy atom. The highest BCUT2D eigenvalue weighted by Crippen LogP contribution is 2.40. The van der Waals surface area contributed by atoms with E-state index in [1.165, 1.54) is 19.3 Å². The number of carbonyl (C=O) groups is 1. The van der Waals surface area contributed by atoms with Crippen LogP contribution < -0.4 is 0 Å². The highest BCUT2D eigenvalue weighted by molar-refractivity contribution is 5.75. The van der Waals surface area contributed by atoms with E-state index in [0.717, 1.165) is 32.4 Å². The topological polar surface area (TPSA) is 40.5 Å². The predicted molar refractivity (Wildman–Crippen MR) is 58.8 cm³/mol. The highest BCUT2D eigenvalue weighted by atomic mass is 16.4. The first kappa shape index (κ1) is 10.9. The number of aliphatic carboxylic acids is 1. The van der Waals surface area contributed by atoms with E-state index in [2.05, 4.69) is 4.90 Å². The van der Waals surface area contributed by atoms with Gasteiger partial charge in [0.1, 0.15) is 0 Å². The normalized spacial score (nSPS) is 38.1. The summed E-state index contributed by atoms with van der Waals surface area (Å²) in [6.45, 7) is 4.15. The summed E-state index contributed by atoms with van der Waals surface area (Å²) in [4.78, 5) is 13.8. The van der Waals surface area contributed by atoms with Gasteiger partial charge in [0.05, 0.1) is 5.41 Å². The quantitative estimate of drug-likeness (QED) is 0.760. The third kappa shape index (κ3) is 1.89. The average molecular weight is 211 g/mol. The molecule has 0 radical (unpaired) electrons. The fourth-order valence-corrected chi connectivity index (χ4v) is 3.20. The van der Waals surface area contributed by atoms with Gasteiger partial charge in [-0.2, -0.15) is 0 Å². The van der Waals surface area contributed by atoms with Gasteiger partial charge < -0.3 is 5.11 Å². The summed E-state index contributed by atoms with van der Waals surface area (Å²) < 4.78 is 0. The van der Waals surface area contributed by atoms with E-state index in [1.807, 2.05) is 6.92 Å². The van der Waals surface area contributed by atoms with Gasteiger partial charge in [0.15, 0.2) is 0 Å². The lowest BCUT2D eigenvalue weighted by Crippen LogP contribution is -2.51. The molecule has 0 aromatic carbocycles. The minimum Gasteiger partial charge on any atom is -0.481 e. The lowest BCUT2D eigenvalue weighted by Gasteiger charge is -2.43. The molecule has 3 heteroatoms. The van der Waals surface area contributed by atoms with Gasteiger partial charge in [-0.05, 0) is 45.7 Å². The van der Waals surface area contributed by atoms with Crippen molar-refractivity contribution in [2.45, 2.75) is 51.5 Å². The molecule has 0 spiro atoms. The third-order valence-electron chi connectivity index (χ3n) is 4.23. The molecular formula is C12H21NO2. The van der Waals surface area contributed by atoms with Gasteiger partial charge >= 0.3 is 5.97 Å². The Hall–Kier alpha value is -0.570. The summed E-state index contributed by atoms with van der Waals surface area (Å²) in [6.07, 6.45) is 6.68. The molecule has 1 aliphatic carbocycles. The molecule has 2 rings (SSSR count). The summed E-state index contributed by atoms with van der Waals surface area (Å²) in [5, 5.41) is 9.40. The van der Waals surface area contributed by atoms with Crippen LogP contribution in [0, 0.1) is 5.41 Å². The van der Waals surface area contributed by atoms with E-state index in [0.29, 0.717) is 0 Å². The SMILES string of the molecule is CC1(C(=O)O)CCCCC1N1CCCC1. The summed E-state index contributed by atoms with van der Waals surface area (Å²) >= 11 is 0. The van der Waals surface area contributed by atoms with Crippen LogP contribution >= 0.6 is 0 Å². The Morgan fingerprint density at radius 2 is 1.93 bits per heavy atom. The fraction of sp³-hybridized carbons (Fsp3) is 0.917. The zero-order valence-electron chi connectivity index (χ0n) is 9.54. The standard InChI is InChI=1S/C12H21NO2/c1-12(11(14)15)7-3-2-6-10(12)13-8-4-5-9-13/h10H,2-9H2,1H3,(H,14,15). The maximum atomic E-state index is 11.4. The number of nitrogens with zero attached hydrogens (tertiary/aromatic N) is 1. The molecule has 3 nitrogen and oxygen atoms in total. The van der Waals surface area contributed by atoms with Crippen LogP contribution in [-0.2, 0) is 4.79 Å². The zero-order valence-corrected chi connectivity index (χ0v) is 9.54. The van der Waals surface area contributed by atoms with Crippen LogP contribution in [0.25, 0.3) is 0 Å². The molecule has 1 saturated carbocycles. The molecule has 0 amide bonds. The van der Waals surface area contributed by atoms with Gasteiger partial charge in [-0.3, -0.25) is 9.69 Å². The number of carboxylic acid groups (broad SMARTS) is 1. The van der Waals surface area contributed by atoms with E-state index in [-0.39, 0.29) is 6.04 Å². The number of hydrogen-bond acceptors (Lipinski definition) is 2. The minimum atomic E-state index is -0.598. The smallest absolute Gasteiger partial charge is 0.310 e. The molecule has 2 atom stereocenters. The van der Waals surface area contributed by atoms with Gasteiger partial charge in [0, 0.05) is 6.04 Å². The average Bonchev–Trinajstić information content (AvgIpc) is 2.71. The van der Waals surface area contributed by atoms with E-state index < -0.39 is 11.4 Å². The van der Waals surface area contributed by atoms with Crippen molar-refractivity contribution < 1.29 is 9.90 Å². The van der Waals surface area contributed by atoms with Gasteiger partial charge in [0.2, 0.25) is 0 Å².